The number of cyclic esters (lactones) is 1. The van der Waals surface area contributed by atoms with Gasteiger partial charge in [0.05, 0.1) is 23.0 Å². The van der Waals surface area contributed by atoms with Gasteiger partial charge >= 0.3 is 12.1 Å². The first-order chi connectivity index (χ1) is 15.5. The van der Waals surface area contributed by atoms with Crippen LogP contribution in [-0.4, -0.2) is 36.0 Å². The lowest BCUT2D eigenvalue weighted by Gasteiger charge is -2.21. The first-order valence-corrected chi connectivity index (χ1v) is 9.54. The molecule has 2 atom stereocenters. The molecule has 1 aliphatic rings. The van der Waals surface area contributed by atoms with Crippen molar-refractivity contribution in [1.29, 1.82) is 0 Å². The van der Waals surface area contributed by atoms with Crippen LogP contribution in [0, 0.1) is 34.9 Å². The topological polar surface area (TPSA) is 84.9 Å². The molecule has 176 valence electrons. The van der Waals surface area contributed by atoms with E-state index in [9.17, 15) is 40.7 Å². The second kappa shape index (κ2) is 9.21. The summed E-state index contributed by atoms with van der Waals surface area (Å²) < 4.78 is 90.8. The Morgan fingerprint density at radius 3 is 2.18 bits per heavy atom. The number of nitrogens with zero attached hydrogens (tertiary/aromatic N) is 1. The van der Waals surface area contributed by atoms with E-state index in [1.54, 1.807) is 0 Å². The van der Waals surface area contributed by atoms with Crippen LogP contribution in [0.3, 0.4) is 0 Å². The zero-order valence-corrected chi connectivity index (χ0v) is 17.2. The van der Waals surface area contributed by atoms with Gasteiger partial charge in [0.2, 0.25) is 40.7 Å². The van der Waals surface area contributed by atoms with E-state index in [0.717, 1.165) is 17.0 Å². The number of thiol groups is 1. The summed E-state index contributed by atoms with van der Waals surface area (Å²) in [5.74, 6) is -17.7. The molecule has 0 aliphatic carbocycles. The summed E-state index contributed by atoms with van der Waals surface area (Å²) in [5, 5.41) is 2.38. The zero-order chi connectivity index (χ0) is 24.6. The van der Waals surface area contributed by atoms with Crippen LogP contribution in [0.4, 0.5) is 36.8 Å². The number of esters is 1. The minimum atomic E-state index is -2.46. The first-order valence-electron chi connectivity index (χ1n) is 8.91. The largest absolute Gasteiger partial charge is 0.423 e. The van der Waals surface area contributed by atoms with Gasteiger partial charge < -0.3 is 14.8 Å². The van der Waals surface area contributed by atoms with Crippen LogP contribution in [-0.2, 0) is 9.53 Å². The lowest BCUT2D eigenvalue weighted by Crippen LogP contribution is -2.44. The van der Waals surface area contributed by atoms with Gasteiger partial charge in [-0.25, -0.2) is 27.2 Å². The van der Waals surface area contributed by atoms with E-state index in [-0.39, 0.29) is 11.4 Å². The van der Waals surface area contributed by atoms with Gasteiger partial charge in [-0.3, -0.25) is 9.69 Å². The molecule has 3 rings (SSSR count). The third-order valence-corrected chi connectivity index (χ3v) is 4.82. The average Bonchev–Trinajstić information content (AvgIpc) is 3.06. The fraction of sp³-hybridized carbons (Fsp3) is 0.211. The Morgan fingerprint density at radius 2 is 1.64 bits per heavy atom. The van der Waals surface area contributed by atoms with Gasteiger partial charge in [0.25, 0.3) is 0 Å². The Labute approximate surface area is 186 Å². The molecule has 14 heteroatoms. The van der Waals surface area contributed by atoms with Gasteiger partial charge in [-0.2, -0.15) is 21.4 Å². The van der Waals surface area contributed by atoms with Crippen molar-refractivity contribution in [2.75, 3.05) is 10.7 Å². The van der Waals surface area contributed by atoms with Crippen molar-refractivity contribution in [1.82, 2.24) is 5.32 Å². The molecule has 1 N–H and O–H groups in total. The Hall–Kier alpha value is -3.42. The molecule has 0 radical (unpaired) electrons. The number of carbonyl (C=O) groups is 3. The molecule has 2 aromatic rings. The van der Waals surface area contributed by atoms with Crippen LogP contribution in [0.5, 0.6) is 5.75 Å². The predicted octanol–water partition coefficient (Wildman–Crippen LogP) is 3.46. The van der Waals surface area contributed by atoms with Crippen molar-refractivity contribution in [3.05, 3.63) is 58.7 Å². The highest BCUT2D eigenvalue weighted by Gasteiger charge is 2.41. The highest BCUT2D eigenvalue weighted by molar-refractivity contribution is 7.81. The summed E-state index contributed by atoms with van der Waals surface area (Å²) in [6.45, 7) is 1.47. The Bertz CT molecular complexity index is 1130. The Balaban J connectivity index is 1.85. The van der Waals surface area contributed by atoms with Crippen LogP contribution in [0.25, 0.3) is 0 Å². The maximum absolute atomic E-state index is 14.5. The quantitative estimate of drug-likeness (QED) is 0.166. The number of ether oxygens (including phenoxy) is 2. The van der Waals surface area contributed by atoms with Crippen LogP contribution >= 0.6 is 12.6 Å². The summed E-state index contributed by atoms with van der Waals surface area (Å²) in [5.41, 5.74) is -1.05. The smallest absolute Gasteiger partial charge is 0.416 e. The van der Waals surface area contributed by atoms with Crippen LogP contribution in [0.2, 0.25) is 0 Å². The molecule has 1 unspecified atom stereocenters. The van der Waals surface area contributed by atoms with E-state index < -0.39 is 76.5 Å². The summed E-state index contributed by atoms with van der Waals surface area (Å²) >= 11 is 3.77. The van der Waals surface area contributed by atoms with Crippen LogP contribution in [0.15, 0.2) is 18.2 Å². The highest BCUT2D eigenvalue weighted by atomic mass is 32.1. The molecule has 2 aromatic carbocycles. The monoisotopic (exact) mass is 494 g/mol. The number of amides is 2. The van der Waals surface area contributed by atoms with Crippen molar-refractivity contribution in [3.8, 4) is 5.75 Å². The average molecular weight is 494 g/mol. The molecule has 33 heavy (non-hydrogen) atoms. The highest BCUT2D eigenvalue weighted by Crippen LogP contribution is 2.31. The van der Waals surface area contributed by atoms with E-state index in [1.165, 1.54) is 6.92 Å². The van der Waals surface area contributed by atoms with E-state index in [0.29, 0.717) is 6.07 Å². The number of hydrogen-bond acceptors (Lipinski definition) is 6. The number of carbonyl (C=O) groups excluding carboxylic acids is 3. The van der Waals surface area contributed by atoms with Crippen LogP contribution < -0.4 is 15.0 Å². The maximum atomic E-state index is 14.5. The van der Waals surface area contributed by atoms with Gasteiger partial charge in [0, 0.05) is 0 Å². The molecular weight excluding hydrogens is 482 g/mol. The third-order valence-electron chi connectivity index (χ3n) is 4.53. The third kappa shape index (κ3) is 4.42. The van der Waals surface area contributed by atoms with Crippen molar-refractivity contribution < 1.29 is 50.2 Å². The normalized spacial score (nSPS) is 17.7. The molecule has 0 saturated carbocycles. The fourth-order valence-corrected chi connectivity index (χ4v) is 2.99. The summed E-state index contributed by atoms with van der Waals surface area (Å²) in [6.07, 6.45) is -2.04. The standard InChI is InChI=1S/C19H12F6N2O5S/c1-6-17(26-10(28)5-33)32-19(30)27(6)7-2-3-8(9(20)4-7)18(29)31-16-14(24)12(22)11(21)13(23)15(16)25/h2-4,6,17,33H,5H2,1H3,(H,26,28)/t6?,17-/m0/s1. The zero-order valence-electron chi connectivity index (χ0n) is 16.3. The lowest BCUT2D eigenvalue weighted by molar-refractivity contribution is -0.121. The van der Waals surface area contributed by atoms with Crippen molar-refractivity contribution in [3.63, 3.8) is 0 Å². The molecule has 1 saturated heterocycles. The number of rotatable bonds is 5. The van der Waals surface area contributed by atoms with Gasteiger partial charge in [0.1, 0.15) is 5.82 Å². The van der Waals surface area contributed by atoms with E-state index >= 15 is 0 Å². The molecule has 0 bridgehead atoms. The van der Waals surface area contributed by atoms with Crippen molar-refractivity contribution in [2.24, 2.45) is 0 Å². The van der Waals surface area contributed by atoms with Crippen molar-refractivity contribution in [2.45, 2.75) is 19.2 Å². The SMILES string of the molecule is CC1[C@@H](NC(=O)CS)OC(=O)N1c1ccc(C(=O)Oc2c(F)c(F)c(F)c(F)c2F)c(F)c1. The van der Waals surface area contributed by atoms with Crippen molar-refractivity contribution >= 4 is 36.3 Å². The number of anilines is 1. The first kappa shape index (κ1) is 24.2. The van der Waals surface area contributed by atoms with Crippen LogP contribution in [0.1, 0.15) is 17.3 Å². The van der Waals surface area contributed by atoms with E-state index in [4.69, 9.17) is 4.74 Å². The summed E-state index contributed by atoms with van der Waals surface area (Å²) in [4.78, 5) is 36.7. The van der Waals surface area contributed by atoms with Gasteiger partial charge in [-0.1, -0.05) is 0 Å². The minimum Gasteiger partial charge on any atom is -0.423 e. The molecule has 1 heterocycles. The summed E-state index contributed by atoms with van der Waals surface area (Å²) in [7, 11) is 0. The molecular formula is C19H12F6N2O5S. The molecule has 1 fully saturated rings. The maximum Gasteiger partial charge on any atom is 0.416 e. The number of benzene rings is 2. The van der Waals surface area contributed by atoms with E-state index in [2.05, 4.69) is 22.7 Å². The molecule has 1 aliphatic heterocycles. The number of hydrogen-bond donors (Lipinski definition) is 2. The fourth-order valence-electron chi connectivity index (χ4n) is 2.90. The molecule has 2 amide bonds. The molecule has 0 spiro atoms. The van der Waals surface area contributed by atoms with Gasteiger partial charge in [-0.05, 0) is 25.1 Å². The second-order valence-electron chi connectivity index (χ2n) is 6.59. The van der Waals surface area contributed by atoms with E-state index in [1.807, 2.05) is 0 Å². The number of halogens is 6. The Morgan fingerprint density at radius 1 is 1.06 bits per heavy atom. The van der Waals surface area contributed by atoms with Gasteiger partial charge in [0.15, 0.2) is 6.23 Å². The molecule has 7 nitrogen and oxygen atoms in total. The summed E-state index contributed by atoms with van der Waals surface area (Å²) in [6, 6.07) is 1.67. The lowest BCUT2D eigenvalue weighted by atomic mass is 10.1. The number of nitrogens with one attached hydrogen (secondary N) is 1. The second-order valence-corrected chi connectivity index (χ2v) is 6.91. The molecule has 0 aromatic heterocycles. The van der Waals surface area contributed by atoms with Gasteiger partial charge in [-0.15, -0.1) is 0 Å². The Kier molecular flexibility index (Phi) is 6.76. The predicted molar refractivity (Wildman–Crippen MR) is 102 cm³/mol. The minimum absolute atomic E-state index is 0.125.